The van der Waals surface area contributed by atoms with E-state index in [-0.39, 0.29) is 22.9 Å². The van der Waals surface area contributed by atoms with Crippen molar-refractivity contribution in [1.82, 2.24) is 9.88 Å². The summed E-state index contributed by atoms with van der Waals surface area (Å²) in [6.45, 7) is 5.57. The highest BCUT2D eigenvalue weighted by atomic mass is 32.1. The largest absolute Gasteiger partial charge is 0.489 e. The van der Waals surface area contributed by atoms with Gasteiger partial charge in [-0.1, -0.05) is 11.8 Å². The Bertz CT molecular complexity index is 1040. The van der Waals surface area contributed by atoms with Crippen molar-refractivity contribution in [2.24, 2.45) is 5.73 Å². The average molecular weight is 450 g/mol. The summed E-state index contributed by atoms with van der Waals surface area (Å²) in [6.07, 6.45) is -0.105. The third-order valence-corrected chi connectivity index (χ3v) is 5.58. The zero-order valence-electron chi connectivity index (χ0n) is 17.6. The van der Waals surface area contributed by atoms with Crippen molar-refractivity contribution in [2.45, 2.75) is 32.5 Å². The maximum absolute atomic E-state index is 14.2. The van der Waals surface area contributed by atoms with Crippen molar-refractivity contribution in [3.05, 3.63) is 33.4 Å². The third kappa shape index (κ3) is 5.79. The molecule has 1 aromatic heterocycles. The molecule has 31 heavy (non-hydrogen) atoms. The fourth-order valence-electron chi connectivity index (χ4n) is 2.47. The van der Waals surface area contributed by atoms with Crippen LogP contribution in [0.2, 0.25) is 0 Å². The molecule has 3 rings (SSSR count). The first-order valence-corrected chi connectivity index (χ1v) is 10.2. The van der Waals surface area contributed by atoms with Gasteiger partial charge in [-0.25, -0.2) is 9.37 Å². The van der Waals surface area contributed by atoms with Gasteiger partial charge in [-0.15, -0.1) is 11.3 Å². The van der Waals surface area contributed by atoms with E-state index in [1.54, 1.807) is 11.9 Å². The van der Waals surface area contributed by atoms with Crippen molar-refractivity contribution in [1.29, 1.82) is 0 Å². The number of carbonyl (C=O) groups excluding carboxylic acids is 2. The van der Waals surface area contributed by atoms with Crippen LogP contribution in [-0.4, -0.2) is 58.7 Å². The average Bonchev–Trinajstić information content (AvgIpc) is 3.14. The number of carbonyl (C=O) groups is 2. The summed E-state index contributed by atoms with van der Waals surface area (Å²) in [5, 5.41) is 19.9. The van der Waals surface area contributed by atoms with Crippen molar-refractivity contribution in [3.63, 3.8) is 0 Å². The topological polar surface area (TPSA) is 126 Å². The maximum Gasteiger partial charge on any atom is 0.277 e. The fraction of sp³-hybridized carbons (Fsp3) is 0.381. The molecular formula is C21H24FN3O5S. The molecule has 10 heteroatoms. The Morgan fingerprint density at radius 1 is 1.55 bits per heavy atom. The minimum Gasteiger partial charge on any atom is -0.489 e. The number of nitrogens with zero attached hydrogens (tertiary/aromatic N) is 2. The van der Waals surface area contributed by atoms with E-state index in [1.807, 2.05) is 6.92 Å². The number of aliphatic hydroxyl groups is 2. The molecule has 2 amide bonds. The number of primary amides is 1. The predicted molar refractivity (Wildman–Crippen MR) is 114 cm³/mol. The number of benzene rings is 1. The van der Waals surface area contributed by atoms with Gasteiger partial charge in [-0.05, 0) is 26.8 Å². The number of thiazole rings is 1. The number of hydrogen-bond acceptors (Lipinski definition) is 7. The summed E-state index contributed by atoms with van der Waals surface area (Å²) in [5.41, 5.74) is 4.62. The summed E-state index contributed by atoms with van der Waals surface area (Å²) in [4.78, 5) is 27.3. The molecule has 0 spiro atoms. The second-order valence-electron chi connectivity index (χ2n) is 7.08. The number of ether oxygens (including phenoxy) is 1. The lowest BCUT2D eigenvalue weighted by Crippen LogP contribution is -2.27. The molecule has 2 atom stereocenters. The second-order valence-corrected chi connectivity index (χ2v) is 8.07. The molecule has 166 valence electrons. The van der Waals surface area contributed by atoms with Gasteiger partial charge in [0.05, 0.1) is 16.1 Å². The summed E-state index contributed by atoms with van der Waals surface area (Å²) >= 11 is 0.970. The van der Waals surface area contributed by atoms with Crippen LogP contribution >= 0.6 is 11.3 Å². The first-order chi connectivity index (χ1) is 14.5. The monoisotopic (exact) mass is 449 g/mol. The molecule has 2 aromatic rings. The normalized spacial score (nSPS) is 17.3. The van der Waals surface area contributed by atoms with Crippen molar-refractivity contribution >= 4 is 23.7 Å². The van der Waals surface area contributed by atoms with E-state index in [2.05, 4.69) is 16.8 Å². The minimum atomic E-state index is -1.42. The van der Waals surface area contributed by atoms with Gasteiger partial charge < -0.3 is 25.6 Å². The fourth-order valence-corrected chi connectivity index (χ4v) is 3.43. The maximum atomic E-state index is 14.2. The van der Waals surface area contributed by atoms with E-state index in [0.29, 0.717) is 16.1 Å². The first-order valence-electron chi connectivity index (χ1n) is 9.35. The van der Waals surface area contributed by atoms with E-state index in [9.17, 15) is 24.2 Å². The van der Waals surface area contributed by atoms with Crippen LogP contribution in [0.1, 0.15) is 41.0 Å². The number of amides is 2. The molecule has 1 aliphatic rings. The number of hydrogen-bond donors (Lipinski definition) is 3. The predicted octanol–water partition coefficient (Wildman–Crippen LogP) is 1.47. The molecule has 0 radical (unpaired) electrons. The number of aliphatic hydroxyl groups excluding tert-OH is 1. The molecular weight excluding hydrogens is 425 g/mol. The van der Waals surface area contributed by atoms with Crippen molar-refractivity contribution in [3.8, 4) is 28.8 Å². The lowest BCUT2D eigenvalue weighted by Gasteiger charge is -2.19. The van der Waals surface area contributed by atoms with E-state index in [0.717, 1.165) is 30.4 Å². The molecule has 1 aromatic carbocycles. The summed E-state index contributed by atoms with van der Waals surface area (Å²) in [5.74, 6) is 3.87. The minimum absolute atomic E-state index is 0.0408. The third-order valence-electron chi connectivity index (χ3n) is 4.25. The first kappa shape index (κ1) is 24.3. The van der Waals surface area contributed by atoms with Crippen LogP contribution in [0, 0.1) is 17.7 Å². The SMILES string of the molecule is CCN(C)C=O.C[C@H](O)C#Cc1cc2c(cc1F)OCC(C)(O)c1sc(C(N)=O)nc1-2. The molecule has 1 unspecified atom stereocenters. The van der Waals surface area contributed by atoms with Crippen LogP contribution in [0.4, 0.5) is 4.39 Å². The van der Waals surface area contributed by atoms with Gasteiger partial charge in [0.2, 0.25) is 6.41 Å². The van der Waals surface area contributed by atoms with E-state index >= 15 is 0 Å². The Labute approximate surface area is 183 Å². The van der Waals surface area contributed by atoms with E-state index < -0.39 is 23.4 Å². The quantitative estimate of drug-likeness (QED) is 0.481. The van der Waals surface area contributed by atoms with Crippen LogP contribution in [-0.2, 0) is 10.4 Å². The lowest BCUT2D eigenvalue weighted by atomic mass is 10.0. The molecule has 0 fully saturated rings. The summed E-state index contributed by atoms with van der Waals surface area (Å²) in [6, 6.07) is 2.57. The zero-order chi connectivity index (χ0) is 23.3. The standard InChI is InChI=1S/C17H15FN2O4S.C4H9NO/c1-8(21)3-4-9-5-10-12(6-11(9)18)24-7-17(2,23)14-13(10)20-16(25-14)15(19)22;1-3-5(2)4-6/h5-6,8,21,23H,7H2,1-2H3,(H2,19,22);4H,3H2,1-2H3/t8-,17?;/m0./s1. The molecule has 1 aliphatic heterocycles. The Morgan fingerprint density at radius 2 is 2.23 bits per heavy atom. The Morgan fingerprint density at radius 3 is 2.74 bits per heavy atom. The van der Waals surface area contributed by atoms with E-state index in [4.69, 9.17) is 10.5 Å². The molecule has 0 saturated carbocycles. The number of aromatic nitrogens is 1. The van der Waals surface area contributed by atoms with Crippen LogP contribution in [0.15, 0.2) is 12.1 Å². The molecule has 0 saturated heterocycles. The smallest absolute Gasteiger partial charge is 0.277 e. The van der Waals surface area contributed by atoms with Crippen molar-refractivity contribution < 1.29 is 28.9 Å². The van der Waals surface area contributed by atoms with Crippen LogP contribution < -0.4 is 10.5 Å². The van der Waals surface area contributed by atoms with Gasteiger partial charge >= 0.3 is 0 Å². The molecule has 0 bridgehead atoms. The number of rotatable bonds is 3. The van der Waals surface area contributed by atoms with Gasteiger partial charge in [-0.3, -0.25) is 9.59 Å². The van der Waals surface area contributed by atoms with Crippen LogP contribution in [0.5, 0.6) is 5.75 Å². The lowest BCUT2D eigenvalue weighted by molar-refractivity contribution is -0.116. The van der Waals surface area contributed by atoms with Gasteiger partial charge in [0.25, 0.3) is 5.91 Å². The number of halogens is 1. The molecule has 4 N–H and O–H groups in total. The highest BCUT2D eigenvalue weighted by Crippen LogP contribution is 2.44. The second kappa shape index (κ2) is 9.87. The van der Waals surface area contributed by atoms with Gasteiger partial charge in [0.15, 0.2) is 5.01 Å². The van der Waals surface area contributed by atoms with Crippen molar-refractivity contribution in [2.75, 3.05) is 20.2 Å². The summed E-state index contributed by atoms with van der Waals surface area (Å²) < 4.78 is 19.8. The Hall–Kier alpha value is -3.00. The number of nitrogens with two attached hydrogens (primary N) is 1. The molecule has 0 aliphatic carbocycles. The van der Waals surface area contributed by atoms with Crippen LogP contribution in [0.3, 0.4) is 0 Å². The number of fused-ring (bicyclic) bond motifs is 3. The molecule has 2 heterocycles. The van der Waals surface area contributed by atoms with Gasteiger partial charge in [0.1, 0.15) is 29.9 Å². The van der Waals surface area contributed by atoms with Crippen LogP contribution in [0.25, 0.3) is 11.3 Å². The Balaban J connectivity index is 0.000000501. The highest BCUT2D eigenvalue weighted by molar-refractivity contribution is 7.14. The molecule has 8 nitrogen and oxygen atoms in total. The summed E-state index contributed by atoms with van der Waals surface area (Å²) in [7, 11) is 1.74. The highest BCUT2D eigenvalue weighted by Gasteiger charge is 2.36. The van der Waals surface area contributed by atoms with E-state index in [1.165, 1.54) is 19.9 Å². The Kier molecular flexibility index (Phi) is 7.73. The van der Waals surface area contributed by atoms with Gasteiger partial charge in [-0.2, -0.15) is 0 Å². The zero-order valence-corrected chi connectivity index (χ0v) is 18.4. The van der Waals surface area contributed by atoms with Gasteiger partial charge in [0, 0.05) is 25.2 Å².